The molecule has 0 radical (unpaired) electrons. The summed E-state index contributed by atoms with van der Waals surface area (Å²) in [6, 6.07) is 6.56. The maximum atomic E-state index is 4.23. The summed E-state index contributed by atoms with van der Waals surface area (Å²) in [6.45, 7) is 9.61. The molecular weight excluding hydrogens is 254 g/mol. The van der Waals surface area contributed by atoms with Gasteiger partial charge in [0.25, 0.3) is 0 Å². The van der Waals surface area contributed by atoms with Crippen molar-refractivity contribution in [1.29, 1.82) is 0 Å². The lowest BCUT2D eigenvalue weighted by atomic mass is 10.1. The van der Waals surface area contributed by atoms with Gasteiger partial charge in [-0.05, 0) is 51.0 Å². The number of nitrogens with one attached hydrogen (secondary N) is 2. The van der Waals surface area contributed by atoms with Crippen molar-refractivity contribution in [3.05, 3.63) is 41.7 Å². The zero-order valence-electron chi connectivity index (χ0n) is 11.9. The van der Waals surface area contributed by atoms with Gasteiger partial charge in [0, 0.05) is 29.4 Å². The molecule has 1 aromatic carbocycles. The molecule has 0 unspecified atom stereocenters. The lowest BCUT2D eigenvalue weighted by Crippen LogP contribution is -2.35. The minimum Gasteiger partial charge on any atom is -0.339 e. The summed E-state index contributed by atoms with van der Waals surface area (Å²) in [7, 11) is 0. The van der Waals surface area contributed by atoms with Crippen LogP contribution in [-0.2, 0) is 6.54 Å². The first-order valence-electron chi connectivity index (χ1n) is 6.46. The molecule has 0 bridgehead atoms. The predicted octanol–water partition coefficient (Wildman–Crippen LogP) is 3.76. The van der Waals surface area contributed by atoms with Gasteiger partial charge in [-0.25, -0.2) is 4.98 Å². The fourth-order valence-corrected chi connectivity index (χ4v) is 2.54. The highest BCUT2D eigenvalue weighted by atomic mass is 32.2. The smallest absolute Gasteiger partial charge is 0.170 e. The molecule has 0 aliphatic rings. The molecule has 0 saturated carbocycles. The third-order valence-electron chi connectivity index (χ3n) is 2.81. The first-order chi connectivity index (χ1) is 8.94. The van der Waals surface area contributed by atoms with Gasteiger partial charge >= 0.3 is 0 Å². The number of aromatic amines is 1. The van der Waals surface area contributed by atoms with Crippen molar-refractivity contribution < 1.29 is 0 Å². The van der Waals surface area contributed by atoms with Crippen LogP contribution in [0.4, 0.5) is 0 Å². The Kier molecular flexibility index (Phi) is 4.32. The van der Waals surface area contributed by atoms with Crippen LogP contribution < -0.4 is 5.32 Å². The van der Waals surface area contributed by atoms with Gasteiger partial charge in [0.05, 0.1) is 0 Å². The standard InChI is InChI=1S/C15H21N3S/c1-11-9-13(19-14-16-7-8-17-14)6-5-12(11)10-18-15(2,3)4/h5-9,18H,10H2,1-4H3,(H,16,17). The summed E-state index contributed by atoms with van der Waals surface area (Å²) < 4.78 is 0. The molecule has 0 atom stereocenters. The Hall–Kier alpha value is -1.26. The van der Waals surface area contributed by atoms with Crippen LogP contribution in [0.15, 0.2) is 40.6 Å². The molecule has 0 aliphatic heterocycles. The van der Waals surface area contributed by atoms with Crippen molar-refractivity contribution in [3.63, 3.8) is 0 Å². The molecule has 4 heteroatoms. The van der Waals surface area contributed by atoms with Crippen LogP contribution in [0.25, 0.3) is 0 Å². The Balaban J connectivity index is 2.04. The Morgan fingerprint density at radius 2 is 2.11 bits per heavy atom. The Morgan fingerprint density at radius 3 is 2.68 bits per heavy atom. The molecule has 102 valence electrons. The number of aromatic nitrogens is 2. The van der Waals surface area contributed by atoms with E-state index in [1.54, 1.807) is 18.0 Å². The highest BCUT2D eigenvalue weighted by Crippen LogP contribution is 2.26. The molecule has 0 aliphatic carbocycles. The van der Waals surface area contributed by atoms with Crippen LogP contribution in [0.5, 0.6) is 0 Å². The summed E-state index contributed by atoms with van der Waals surface area (Å²) in [5.74, 6) is 0. The van der Waals surface area contributed by atoms with Crippen LogP contribution in [-0.4, -0.2) is 15.5 Å². The van der Waals surface area contributed by atoms with Crippen molar-refractivity contribution in [2.45, 2.75) is 49.8 Å². The van der Waals surface area contributed by atoms with E-state index in [1.807, 2.05) is 6.20 Å². The lowest BCUT2D eigenvalue weighted by Gasteiger charge is -2.21. The maximum Gasteiger partial charge on any atom is 0.170 e. The van der Waals surface area contributed by atoms with E-state index >= 15 is 0 Å². The normalized spacial score (nSPS) is 11.8. The Labute approximate surface area is 119 Å². The molecule has 19 heavy (non-hydrogen) atoms. The van der Waals surface area contributed by atoms with E-state index in [9.17, 15) is 0 Å². The summed E-state index contributed by atoms with van der Waals surface area (Å²) >= 11 is 1.65. The maximum absolute atomic E-state index is 4.23. The third-order valence-corrected chi connectivity index (χ3v) is 3.72. The van der Waals surface area contributed by atoms with E-state index in [4.69, 9.17) is 0 Å². The van der Waals surface area contributed by atoms with E-state index in [1.165, 1.54) is 16.0 Å². The summed E-state index contributed by atoms with van der Waals surface area (Å²) in [5, 5.41) is 4.45. The number of nitrogens with zero attached hydrogens (tertiary/aromatic N) is 1. The monoisotopic (exact) mass is 275 g/mol. The fraction of sp³-hybridized carbons (Fsp3) is 0.400. The van der Waals surface area contributed by atoms with Gasteiger partial charge in [0.2, 0.25) is 0 Å². The largest absolute Gasteiger partial charge is 0.339 e. The average molecular weight is 275 g/mol. The Bertz CT molecular complexity index is 527. The van der Waals surface area contributed by atoms with Gasteiger partial charge < -0.3 is 10.3 Å². The number of rotatable bonds is 4. The van der Waals surface area contributed by atoms with E-state index in [0.29, 0.717) is 0 Å². The topological polar surface area (TPSA) is 40.7 Å². The first kappa shape index (κ1) is 14.2. The van der Waals surface area contributed by atoms with Crippen molar-refractivity contribution in [1.82, 2.24) is 15.3 Å². The van der Waals surface area contributed by atoms with E-state index in [2.05, 4.69) is 61.2 Å². The first-order valence-corrected chi connectivity index (χ1v) is 7.27. The predicted molar refractivity (Wildman–Crippen MR) is 80.5 cm³/mol. The van der Waals surface area contributed by atoms with Gasteiger partial charge in [-0.3, -0.25) is 0 Å². The molecule has 3 nitrogen and oxygen atoms in total. The number of hydrogen-bond acceptors (Lipinski definition) is 3. The molecule has 0 saturated heterocycles. The Morgan fingerprint density at radius 1 is 1.32 bits per heavy atom. The minimum atomic E-state index is 0.147. The third kappa shape index (κ3) is 4.40. The van der Waals surface area contributed by atoms with Crippen LogP contribution in [0.1, 0.15) is 31.9 Å². The number of aryl methyl sites for hydroxylation is 1. The van der Waals surface area contributed by atoms with Gasteiger partial charge in [-0.1, -0.05) is 17.8 Å². The molecule has 0 fully saturated rings. The SMILES string of the molecule is Cc1cc(Sc2ncc[nH]2)ccc1CNC(C)(C)C. The second-order valence-electron chi connectivity index (χ2n) is 5.69. The van der Waals surface area contributed by atoms with Gasteiger partial charge in [-0.15, -0.1) is 0 Å². The quantitative estimate of drug-likeness (QED) is 0.892. The molecule has 2 aromatic rings. The number of hydrogen-bond donors (Lipinski definition) is 2. The summed E-state index contributed by atoms with van der Waals surface area (Å²) in [5.41, 5.74) is 2.81. The van der Waals surface area contributed by atoms with Crippen LogP contribution >= 0.6 is 11.8 Å². The number of benzene rings is 1. The molecule has 0 spiro atoms. The highest BCUT2D eigenvalue weighted by molar-refractivity contribution is 7.99. The second-order valence-corrected chi connectivity index (χ2v) is 6.75. The number of H-pyrrole nitrogens is 1. The van der Waals surface area contributed by atoms with Crippen LogP contribution in [0.3, 0.4) is 0 Å². The molecule has 1 heterocycles. The fourth-order valence-electron chi connectivity index (χ4n) is 1.71. The molecule has 2 rings (SSSR count). The van der Waals surface area contributed by atoms with Crippen molar-refractivity contribution >= 4 is 11.8 Å². The minimum absolute atomic E-state index is 0.147. The van der Waals surface area contributed by atoms with E-state index in [0.717, 1.165) is 11.7 Å². The molecular formula is C15H21N3S. The van der Waals surface area contributed by atoms with Gasteiger partial charge in [0.15, 0.2) is 5.16 Å². The number of imidazole rings is 1. The van der Waals surface area contributed by atoms with Crippen LogP contribution in [0.2, 0.25) is 0 Å². The van der Waals surface area contributed by atoms with Crippen molar-refractivity contribution in [2.75, 3.05) is 0 Å². The summed E-state index contributed by atoms with van der Waals surface area (Å²) in [4.78, 5) is 8.55. The second kappa shape index (κ2) is 5.80. The van der Waals surface area contributed by atoms with Gasteiger partial charge in [0.1, 0.15) is 0 Å². The summed E-state index contributed by atoms with van der Waals surface area (Å²) in [6.07, 6.45) is 3.62. The zero-order valence-corrected chi connectivity index (χ0v) is 12.8. The van der Waals surface area contributed by atoms with E-state index < -0.39 is 0 Å². The van der Waals surface area contributed by atoms with E-state index in [-0.39, 0.29) is 5.54 Å². The highest BCUT2D eigenvalue weighted by Gasteiger charge is 2.10. The molecule has 0 amide bonds. The van der Waals surface area contributed by atoms with Crippen molar-refractivity contribution in [3.8, 4) is 0 Å². The molecule has 1 aromatic heterocycles. The average Bonchev–Trinajstić information content (AvgIpc) is 2.79. The van der Waals surface area contributed by atoms with Crippen LogP contribution in [0, 0.1) is 6.92 Å². The zero-order chi connectivity index (χ0) is 13.9. The lowest BCUT2D eigenvalue weighted by molar-refractivity contribution is 0.424. The van der Waals surface area contributed by atoms with Gasteiger partial charge in [-0.2, -0.15) is 0 Å². The van der Waals surface area contributed by atoms with Crippen molar-refractivity contribution in [2.24, 2.45) is 0 Å². The molecule has 2 N–H and O–H groups in total.